The van der Waals surface area contributed by atoms with Gasteiger partial charge in [-0.25, -0.2) is 4.79 Å². The Morgan fingerprint density at radius 1 is 1.62 bits per heavy atom. The van der Waals surface area contributed by atoms with Gasteiger partial charge in [0.2, 0.25) is 0 Å². The predicted molar refractivity (Wildman–Crippen MR) is 57.9 cm³/mol. The molecule has 0 fully saturated rings. The summed E-state index contributed by atoms with van der Waals surface area (Å²) in [6, 6.07) is 1.61. The highest BCUT2D eigenvalue weighted by atomic mass is 16.5. The maximum Gasteiger partial charge on any atom is 0.341 e. The van der Waals surface area contributed by atoms with Crippen LogP contribution in [0, 0.1) is 6.92 Å². The summed E-state index contributed by atoms with van der Waals surface area (Å²) in [7, 11) is 1.57. The zero-order valence-electron chi connectivity index (χ0n) is 9.56. The maximum absolute atomic E-state index is 10.9. The third-order valence-corrected chi connectivity index (χ3v) is 1.96. The summed E-state index contributed by atoms with van der Waals surface area (Å²) < 4.78 is 10.4. The number of carbonyl (C=O) groups is 1. The predicted octanol–water partition coefficient (Wildman–Crippen LogP) is 1.50. The molecule has 5 nitrogen and oxygen atoms in total. The molecule has 0 aliphatic rings. The number of pyridine rings is 1. The summed E-state index contributed by atoms with van der Waals surface area (Å²) in [5.41, 5.74) is 0.776. The van der Waals surface area contributed by atoms with Crippen LogP contribution in [0.15, 0.2) is 12.3 Å². The molecule has 1 aromatic rings. The van der Waals surface area contributed by atoms with Gasteiger partial charge in [-0.2, -0.15) is 0 Å². The second-order valence-corrected chi connectivity index (χ2v) is 3.51. The number of aryl methyl sites for hydroxylation is 1. The first-order valence-electron chi connectivity index (χ1n) is 4.90. The summed E-state index contributed by atoms with van der Waals surface area (Å²) in [4.78, 5) is 14.8. The van der Waals surface area contributed by atoms with E-state index in [0.29, 0.717) is 18.1 Å². The Balaban J connectivity index is 2.92. The Morgan fingerprint density at radius 3 is 2.88 bits per heavy atom. The van der Waals surface area contributed by atoms with Crippen LogP contribution in [0.1, 0.15) is 23.0 Å². The third-order valence-electron chi connectivity index (χ3n) is 1.96. The topological polar surface area (TPSA) is 68.7 Å². The molecule has 5 heteroatoms. The SMILES string of the molecule is COCC(C)Oc1cc(C)ncc1C(=O)O. The minimum absolute atomic E-state index is 0.0635. The lowest BCUT2D eigenvalue weighted by Gasteiger charge is -2.15. The summed E-state index contributed by atoms with van der Waals surface area (Å²) in [5.74, 6) is -0.725. The normalized spacial score (nSPS) is 12.2. The number of hydrogen-bond acceptors (Lipinski definition) is 4. The molecule has 88 valence electrons. The second-order valence-electron chi connectivity index (χ2n) is 3.51. The molecule has 1 atom stereocenters. The molecule has 16 heavy (non-hydrogen) atoms. The standard InChI is InChI=1S/C11H15NO4/c1-7-4-10(16-8(2)6-15-3)9(5-12-7)11(13)14/h4-5,8H,6H2,1-3H3,(H,13,14). The van der Waals surface area contributed by atoms with Crippen LogP contribution in [0.3, 0.4) is 0 Å². The first-order chi connectivity index (χ1) is 7.54. The minimum Gasteiger partial charge on any atom is -0.487 e. The highest BCUT2D eigenvalue weighted by Crippen LogP contribution is 2.20. The number of aromatic nitrogens is 1. The van der Waals surface area contributed by atoms with E-state index in [1.54, 1.807) is 20.1 Å². The van der Waals surface area contributed by atoms with Gasteiger partial charge in [-0.15, -0.1) is 0 Å². The monoisotopic (exact) mass is 225 g/mol. The largest absolute Gasteiger partial charge is 0.487 e. The van der Waals surface area contributed by atoms with E-state index < -0.39 is 5.97 Å². The number of rotatable bonds is 5. The van der Waals surface area contributed by atoms with Crippen LogP contribution < -0.4 is 4.74 Å². The smallest absolute Gasteiger partial charge is 0.341 e. The van der Waals surface area contributed by atoms with Crippen LogP contribution in [0.4, 0.5) is 0 Å². The second kappa shape index (κ2) is 5.46. The zero-order chi connectivity index (χ0) is 12.1. The quantitative estimate of drug-likeness (QED) is 0.822. The zero-order valence-corrected chi connectivity index (χ0v) is 9.56. The first kappa shape index (κ1) is 12.4. The van der Waals surface area contributed by atoms with E-state index >= 15 is 0 Å². The molecule has 0 aromatic carbocycles. The number of aromatic carboxylic acids is 1. The van der Waals surface area contributed by atoms with Crippen molar-refractivity contribution in [2.45, 2.75) is 20.0 Å². The lowest BCUT2D eigenvalue weighted by atomic mass is 10.2. The van der Waals surface area contributed by atoms with Crippen LogP contribution in [0.2, 0.25) is 0 Å². The number of carboxylic acid groups (broad SMARTS) is 1. The molecule has 0 saturated heterocycles. The lowest BCUT2D eigenvalue weighted by Crippen LogP contribution is -2.19. The third kappa shape index (κ3) is 3.20. The van der Waals surface area contributed by atoms with E-state index in [9.17, 15) is 4.79 Å². The molecular formula is C11H15NO4. The van der Waals surface area contributed by atoms with Gasteiger partial charge in [0.1, 0.15) is 17.4 Å². The number of methoxy groups -OCH3 is 1. The molecule has 0 spiro atoms. The van der Waals surface area contributed by atoms with Crippen molar-refractivity contribution in [2.24, 2.45) is 0 Å². The van der Waals surface area contributed by atoms with Gasteiger partial charge in [0.25, 0.3) is 0 Å². The van der Waals surface area contributed by atoms with E-state index in [1.807, 2.05) is 6.92 Å². The molecule has 0 amide bonds. The Hall–Kier alpha value is -1.62. The van der Waals surface area contributed by atoms with E-state index in [0.717, 1.165) is 0 Å². The molecule has 0 aliphatic heterocycles. The molecular weight excluding hydrogens is 210 g/mol. The molecule has 1 N–H and O–H groups in total. The van der Waals surface area contributed by atoms with Gasteiger partial charge in [-0.05, 0) is 13.8 Å². The molecule has 0 bridgehead atoms. The molecule has 1 rings (SSSR count). The Kier molecular flexibility index (Phi) is 4.25. The summed E-state index contributed by atoms with van der Waals surface area (Å²) in [6.45, 7) is 3.99. The van der Waals surface area contributed by atoms with E-state index in [1.165, 1.54) is 6.20 Å². The van der Waals surface area contributed by atoms with E-state index in [4.69, 9.17) is 14.6 Å². The van der Waals surface area contributed by atoms with Crippen LogP contribution >= 0.6 is 0 Å². The Bertz CT molecular complexity index is 378. The molecule has 1 unspecified atom stereocenters. The highest BCUT2D eigenvalue weighted by Gasteiger charge is 2.14. The van der Waals surface area contributed by atoms with Crippen molar-refractivity contribution in [3.8, 4) is 5.75 Å². The van der Waals surface area contributed by atoms with Crippen LogP contribution in [-0.4, -0.2) is 35.9 Å². The molecule has 0 radical (unpaired) electrons. The van der Waals surface area contributed by atoms with Gasteiger partial charge >= 0.3 is 5.97 Å². The first-order valence-corrected chi connectivity index (χ1v) is 4.90. The van der Waals surface area contributed by atoms with Crippen molar-refractivity contribution in [1.82, 2.24) is 4.98 Å². The average molecular weight is 225 g/mol. The van der Waals surface area contributed by atoms with Crippen molar-refractivity contribution in [1.29, 1.82) is 0 Å². The minimum atomic E-state index is -1.05. The van der Waals surface area contributed by atoms with Crippen molar-refractivity contribution < 1.29 is 19.4 Å². The Labute approximate surface area is 94.0 Å². The Morgan fingerprint density at radius 2 is 2.31 bits per heavy atom. The lowest BCUT2D eigenvalue weighted by molar-refractivity contribution is 0.0673. The fourth-order valence-electron chi connectivity index (χ4n) is 1.28. The van der Waals surface area contributed by atoms with Crippen molar-refractivity contribution in [2.75, 3.05) is 13.7 Å². The van der Waals surface area contributed by atoms with Crippen LogP contribution in [0.5, 0.6) is 5.75 Å². The van der Waals surface area contributed by atoms with Crippen LogP contribution in [0.25, 0.3) is 0 Å². The number of carboxylic acids is 1. The van der Waals surface area contributed by atoms with Gasteiger partial charge in [0.05, 0.1) is 6.61 Å². The summed E-state index contributed by atoms with van der Waals surface area (Å²) >= 11 is 0. The molecule has 1 aromatic heterocycles. The number of nitrogens with zero attached hydrogens (tertiary/aromatic N) is 1. The van der Waals surface area contributed by atoms with Gasteiger partial charge in [0.15, 0.2) is 0 Å². The number of ether oxygens (including phenoxy) is 2. The fourth-order valence-corrected chi connectivity index (χ4v) is 1.28. The van der Waals surface area contributed by atoms with Crippen molar-refractivity contribution in [3.63, 3.8) is 0 Å². The maximum atomic E-state index is 10.9. The van der Waals surface area contributed by atoms with Gasteiger partial charge in [-0.3, -0.25) is 4.98 Å². The fraction of sp³-hybridized carbons (Fsp3) is 0.455. The van der Waals surface area contributed by atoms with Crippen molar-refractivity contribution >= 4 is 5.97 Å². The van der Waals surface area contributed by atoms with E-state index in [2.05, 4.69) is 4.98 Å². The van der Waals surface area contributed by atoms with Crippen LogP contribution in [-0.2, 0) is 4.74 Å². The molecule has 1 heterocycles. The van der Waals surface area contributed by atoms with E-state index in [-0.39, 0.29) is 11.7 Å². The highest BCUT2D eigenvalue weighted by molar-refractivity contribution is 5.90. The summed E-state index contributed by atoms with van der Waals surface area (Å²) in [6.07, 6.45) is 1.09. The van der Waals surface area contributed by atoms with Crippen molar-refractivity contribution in [3.05, 3.63) is 23.5 Å². The number of hydrogen-bond donors (Lipinski definition) is 1. The molecule has 0 aliphatic carbocycles. The molecule has 0 saturated carbocycles. The van der Waals surface area contributed by atoms with Gasteiger partial charge in [-0.1, -0.05) is 0 Å². The summed E-state index contributed by atoms with van der Waals surface area (Å²) in [5, 5.41) is 8.95. The average Bonchev–Trinajstić information content (AvgIpc) is 2.17. The van der Waals surface area contributed by atoms with Gasteiger partial charge in [0, 0.05) is 25.1 Å². The van der Waals surface area contributed by atoms with Gasteiger partial charge < -0.3 is 14.6 Å².